The largest absolute Gasteiger partial charge is 0.418 e. The average molecular weight is 367 g/mol. The standard InChI is InChI=1S/C17H20F3N5O/c1-25(2)9-5-8-21-15-11-22-14(10-23-15)16(26)24-13-7-4-3-6-12(13)17(18,19)20/h3-4,6-7,10-11H,5,8-9H2,1-2H3,(H,21,23)(H,24,26). The summed E-state index contributed by atoms with van der Waals surface area (Å²) in [5, 5.41) is 5.29. The zero-order valence-corrected chi connectivity index (χ0v) is 14.5. The van der Waals surface area contributed by atoms with Gasteiger partial charge < -0.3 is 15.5 Å². The zero-order valence-electron chi connectivity index (χ0n) is 14.5. The van der Waals surface area contributed by atoms with Crippen LogP contribution in [-0.4, -0.2) is 48.0 Å². The molecule has 0 aliphatic heterocycles. The number of carbonyl (C=O) groups is 1. The van der Waals surface area contributed by atoms with Gasteiger partial charge in [-0.2, -0.15) is 13.2 Å². The first-order valence-corrected chi connectivity index (χ1v) is 7.95. The Morgan fingerprint density at radius 1 is 1.15 bits per heavy atom. The van der Waals surface area contributed by atoms with Crippen LogP contribution in [0.4, 0.5) is 24.7 Å². The number of rotatable bonds is 7. The molecule has 2 rings (SSSR count). The van der Waals surface area contributed by atoms with E-state index in [-0.39, 0.29) is 11.4 Å². The second-order valence-electron chi connectivity index (χ2n) is 5.87. The Kier molecular flexibility index (Phi) is 6.51. The number of aromatic nitrogens is 2. The molecule has 0 bridgehead atoms. The maximum atomic E-state index is 13.0. The van der Waals surface area contributed by atoms with Crippen LogP contribution in [0.3, 0.4) is 0 Å². The van der Waals surface area contributed by atoms with Crippen molar-refractivity contribution >= 4 is 17.4 Å². The minimum absolute atomic E-state index is 0.0687. The summed E-state index contributed by atoms with van der Waals surface area (Å²) in [5.74, 6) is -0.260. The Morgan fingerprint density at radius 2 is 1.88 bits per heavy atom. The monoisotopic (exact) mass is 367 g/mol. The first kappa shape index (κ1) is 19.6. The van der Waals surface area contributed by atoms with Gasteiger partial charge in [-0.3, -0.25) is 4.79 Å². The molecule has 0 atom stereocenters. The Bertz CT molecular complexity index is 732. The number of amides is 1. The van der Waals surface area contributed by atoms with E-state index in [1.54, 1.807) is 0 Å². The number of anilines is 2. The summed E-state index contributed by atoms with van der Waals surface area (Å²) in [6.45, 7) is 1.61. The first-order valence-electron chi connectivity index (χ1n) is 7.95. The van der Waals surface area contributed by atoms with Crippen molar-refractivity contribution in [1.82, 2.24) is 14.9 Å². The van der Waals surface area contributed by atoms with Crippen molar-refractivity contribution in [1.29, 1.82) is 0 Å². The number of benzene rings is 1. The van der Waals surface area contributed by atoms with Crippen LogP contribution in [0.15, 0.2) is 36.7 Å². The van der Waals surface area contributed by atoms with Crippen LogP contribution in [0.1, 0.15) is 22.5 Å². The fourth-order valence-electron chi connectivity index (χ4n) is 2.17. The zero-order chi connectivity index (χ0) is 19.2. The maximum absolute atomic E-state index is 13.0. The normalized spacial score (nSPS) is 11.5. The van der Waals surface area contributed by atoms with Gasteiger partial charge >= 0.3 is 6.18 Å². The predicted molar refractivity (Wildman–Crippen MR) is 93.1 cm³/mol. The van der Waals surface area contributed by atoms with Crippen molar-refractivity contribution in [3.05, 3.63) is 47.9 Å². The molecule has 0 saturated heterocycles. The van der Waals surface area contributed by atoms with E-state index in [1.807, 2.05) is 14.1 Å². The molecule has 0 fully saturated rings. The Labute approximate surface area is 149 Å². The van der Waals surface area contributed by atoms with Gasteiger partial charge in [-0.15, -0.1) is 0 Å². The number of hydrogen-bond donors (Lipinski definition) is 2. The number of hydrogen-bond acceptors (Lipinski definition) is 5. The second-order valence-corrected chi connectivity index (χ2v) is 5.87. The van der Waals surface area contributed by atoms with Gasteiger partial charge in [-0.05, 0) is 39.2 Å². The summed E-state index contributed by atoms with van der Waals surface area (Å²) in [6, 6.07) is 4.77. The smallest absolute Gasteiger partial charge is 0.369 e. The van der Waals surface area contributed by atoms with E-state index >= 15 is 0 Å². The maximum Gasteiger partial charge on any atom is 0.418 e. The van der Waals surface area contributed by atoms with Crippen LogP contribution >= 0.6 is 0 Å². The third-order valence-electron chi connectivity index (χ3n) is 3.45. The van der Waals surface area contributed by atoms with Gasteiger partial charge in [-0.1, -0.05) is 12.1 Å². The topological polar surface area (TPSA) is 70.2 Å². The lowest BCUT2D eigenvalue weighted by Crippen LogP contribution is -2.18. The molecule has 0 aliphatic rings. The van der Waals surface area contributed by atoms with E-state index in [0.717, 1.165) is 19.0 Å². The van der Waals surface area contributed by atoms with Gasteiger partial charge in [0.1, 0.15) is 11.5 Å². The third-order valence-corrected chi connectivity index (χ3v) is 3.45. The van der Waals surface area contributed by atoms with Gasteiger partial charge in [0.2, 0.25) is 0 Å². The predicted octanol–water partition coefficient (Wildman–Crippen LogP) is 3.11. The first-order chi connectivity index (χ1) is 12.3. The molecule has 1 amide bonds. The highest BCUT2D eigenvalue weighted by Gasteiger charge is 2.33. The molecule has 9 heteroatoms. The van der Waals surface area contributed by atoms with Crippen molar-refractivity contribution in [3.8, 4) is 0 Å². The fraction of sp³-hybridized carbons (Fsp3) is 0.353. The van der Waals surface area contributed by atoms with Crippen molar-refractivity contribution in [2.45, 2.75) is 12.6 Å². The van der Waals surface area contributed by atoms with E-state index in [4.69, 9.17) is 0 Å². The number of nitrogens with zero attached hydrogens (tertiary/aromatic N) is 3. The molecule has 6 nitrogen and oxygen atoms in total. The molecule has 0 aliphatic carbocycles. The van der Waals surface area contributed by atoms with E-state index in [9.17, 15) is 18.0 Å². The van der Waals surface area contributed by atoms with E-state index in [2.05, 4.69) is 25.5 Å². The van der Waals surface area contributed by atoms with Crippen LogP contribution in [0.25, 0.3) is 0 Å². The molecule has 0 radical (unpaired) electrons. The van der Waals surface area contributed by atoms with Crippen LogP contribution in [0, 0.1) is 0 Å². The summed E-state index contributed by atoms with van der Waals surface area (Å²) in [4.78, 5) is 22.2. The van der Waals surface area contributed by atoms with Crippen LogP contribution in [0.2, 0.25) is 0 Å². The van der Waals surface area contributed by atoms with E-state index < -0.39 is 17.6 Å². The number of para-hydroxylation sites is 1. The van der Waals surface area contributed by atoms with Crippen molar-refractivity contribution in [2.24, 2.45) is 0 Å². The number of nitrogens with one attached hydrogen (secondary N) is 2. The van der Waals surface area contributed by atoms with Crippen molar-refractivity contribution in [2.75, 3.05) is 37.8 Å². The Hall–Kier alpha value is -2.68. The highest BCUT2D eigenvalue weighted by molar-refractivity contribution is 6.03. The number of alkyl halides is 3. The van der Waals surface area contributed by atoms with Crippen molar-refractivity contribution in [3.63, 3.8) is 0 Å². The molecule has 26 heavy (non-hydrogen) atoms. The lowest BCUT2D eigenvalue weighted by molar-refractivity contribution is -0.136. The molecule has 140 valence electrons. The summed E-state index contributed by atoms with van der Waals surface area (Å²) >= 11 is 0. The highest BCUT2D eigenvalue weighted by Crippen LogP contribution is 2.34. The minimum Gasteiger partial charge on any atom is -0.369 e. The summed E-state index contributed by atoms with van der Waals surface area (Å²) < 4.78 is 38.9. The Morgan fingerprint density at radius 3 is 2.50 bits per heavy atom. The summed E-state index contributed by atoms with van der Waals surface area (Å²) in [6.07, 6.45) is -1.05. The van der Waals surface area contributed by atoms with Gasteiger partial charge in [0, 0.05) is 6.54 Å². The number of carbonyl (C=O) groups excluding carboxylic acids is 1. The number of halogens is 3. The van der Waals surface area contributed by atoms with Gasteiger partial charge in [0.25, 0.3) is 5.91 Å². The van der Waals surface area contributed by atoms with Gasteiger partial charge in [0.05, 0.1) is 23.6 Å². The molecule has 0 saturated carbocycles. The van der Waals surface area contributed by atoms with Gasteiger partial charge in [-0.25, -0.2) is 9.97 Å². The molecule has 2 aromatic rings. The molecule has 1 heterocycles. The van der Waals surface area contributed by atoms with E-state index in [1.165, 1.54) is 30.6 Å². The Balaban J connectivity index is 1.99. The molecule has 1 aromatic carbocycles. The SMILES string of the molecule is CN(C)CCCNc1cnc(C(=O)Nc2ccccc2C(F)(F)F)cn1. The van der Waals surface area contributed by atoms with Crippen LogP contribution in [0.5, 0.6) is 0 Å². The quantitative estimate of drug-likeness (QED) is 0.736. The molecule has 1 aromatic heterocycles. The molecule has 0 spiro atoms. The summed E-state index contributed by atoms with van der Waals surface area (Å²) in [7, 11) is 3.95. The summed E-state index contributed by atoms with van der Waals surface area (Å²) in [5.41, 5.74) is -1.31. The lowest BCUT2D eigenvalue weighted by Gasteiger charge is -2.13. The molecule has 0 unspecified atom stereocenters. The van der Waals surface area contributed by atoms with Crippen LogP contribution < -0.4 is 10.6 Å². The minimum atomic E-state index is -4.56. The average Bonchev–Trinajstić information content (AvgIpc) is 2.58. The molecular weight excluding hydrogens is 347 g/mol. The molecule has 2 N–H and O–H groups in total. The molecular formula is C17H20F3N5O. The second kappa shape index (κ2) is 8.61. The van der Waals surface area contributed by atoms with Crippen LogP contribution in [-0.2, 0) is 6.18 Å². The van der Waals surface area contributed by atoms with E-state index in [0.29, 0.717) is 12.4 Å². The lowest BCUT2D eigenvalue weighted by atomic mass is 10.1. The van der Waals surface area contributed by atoms with Crippen molar-refractivity contribution < 1.29 is 18.0 Å². The highest BCUT2D eigenvalue weighted by atomic mass is 19.4. The third kappa shape index (κ3) is 5.69. The van der Waals surface area contributed by atoms with Gasteiger partial charge in [0.15, 0.2) is 0 Å². The fourth-order valence-corrected chi connectivity index (χ4v) is 2.17.